The molecule has 0 aromatic heterocycles. The lowest BCUT2D eigenvalue weighted by Crippen LogP contribution is -2.03. The van der Waals surface area contributed by atoms with E-state index in [1.807, 2.05) is 0 Å². The summed E-state index contributed by atoms with van der Waals surface area (Å²) >= 11 is 0. The maximum atomic E-state index is 2.43. The first kappa shape index (κ1) is 34.3. The minimum Gasteiger partial charge on any atom is -0.0622 e. The fourth-order valence-electron chi connectivity index (χ4n) is 9.95. The number of allylic oxidation sites excluding steroid dienone is 2. The molecule has 60 heavy (non-hydrogen) atoms. The molecule has 0 saturated carbocycles. The van der Waals surface area contributed by atoms with E-state index in [4.69, 9.17) is 0 Å². The molecule has 0 saturated heterocycles. The first-order valence-corrected chi connectivity index (χ1v) is 20.8. The van der Waals surface area contributed by atoms with E-state index in [2.05, 4.69) is 231 Å². The van der Waals surface area contributed by atoms with Crippen LogP contribution in [0.15, 0.2) is 231 Å². The molecule has 0 bridgehead atoms. The Morgan fingerprint density at radius 1 is 0.183 bits per heavy atom. The molecule has 0 nitrogen and oxygen atoms in total. The van der Waals surface area contributed by atoms with Crippen molar-refractivity contribution in [3.05, 3.63) is 264 Å². The van der Waals surface area contributed by atoms with E-state index in [1.165, 1.54) is 109 Å². The third kappa shape index (κ3) is 5.53. The average Bonchev–Trinajstić information content (AvgIpc) is 3.32. The Morgan fingerprint density at radius 2 is 0.433 bits per heavy atom. The Labute approximate surface area is 349 Å². The SMILES string of the molecule is c1ccc(C(/C(=C(/c2ccccc2)c2cc3ccc4cccc5ccc(c2)c3c45)c2ccccc2)=C(\c2ccccc2)c2cc3ccc4cccc5ccc(c2)c3c45)cc1. The van der Waals surface area contributed by atoms with Crippen molar-refractivity contribution >= 4 is 86.9 Å². The molecule has 0 radical (unpaired) electrons. The van der Waals surface area contributed by atoms with E-state index >= 15 is 0 Å². The number of benzene rings is 12. The number of hydrogen-bond donors (Lipinski definition) is 0. The van der Waals surface area contributed by atoms with E-state index in [0.717, 1.165) is 11.1 Å². The third-order valence-corrected chi connectivity index (χ3v) is 12.5. The van der Waals surface area contributed by atoms with Crippen LogP contribution in [0.25, 0.3) is 86.9 Å². The molecule has 0 spiro atoms. The van der Waals surface area contributed by atoms with Gasteiger partial charge >= 0.3 is 0 Å². The van der Waals surface area contributed by atoms with Crippen molar-refractivity contribution < 1.29 is 0 Å². The highest BCUT2D eigenvalue weighted by molar-refractivity contribution is 6.29. The molecule has 0 aliphatic carbocycles. The van der Waals surface area contributed by atoms with Gasteiger partial charge in [-0.25, -0.2) is 0 Å². The molecule has 12 aromatic carbocycles. The molecule has 0 N–H and O–H groups in total. The Kier molecular flexibility index (Phi) is 7.96. The molecule has 12 aromatic rings. The van der Waals surface area contributed by atoms with Gasteiger partial charge in [-0.1, -0.05) is 206 Å². The minimum atomic E-state index is 1.16. The average molecular weight is 759 g/mol. The van der Waals surface area contributed by atoms with Gasteiger partial charge in [0.25, 0.3) is 0 Å². The lowest BCUT2D eigenvalue weighted by atomic mass is 9.77. The Bertz CT molecular complexity index is 3220. The predicted octanol–water partition coefficient (Wildman–Crippen LogP) is 16.1. The summed E-state index contributed by atoms with van der Waals surface area (Å²) in [5.74, 6) is 0. The molecule has 0 aliphatic heterocycles. The van der Waals surface area contributed by atoms with Crippen LogP contribution in [0, 0.1) is 0 Å². The van der Waals surface area contributed by atoms with Crippen LogP contribution < -0.4 is 0 Å². The van der Waals surface area contributed by atoms with Crippen LogP contribution in [0.1, 0.15) is 33.4 Å². The summed E-state index contributed by atoms with van der Waals surface area (Å²) in [6.07, 6.45) is 0. The van der Waals surface area contributed by atoms with Gasteiger partial charge in [-0.3, -0.25) is 0 Å². The van der Waals surface area contributed by atoms with Crippen LogP contribution in [0.2, 0.25) is 0 Å². The van der Waals surface area contributed by atoms with Crippen molar-refractivity contribution in [2.45, 2.75) is 0 Å². The van der Waals surface area contributed by atoms with E-state index < -0.39 is 0 Å². The van der Waals surface area contributed by atoms with Crippen molar-refractivity contribution in [3.8, 4) is 0 Å². The van der Waals surface area contributed by atoms with Gasteiger partial charge in [0.15, 0.2) is 0 Å². The van der Waals surface area contributed by atoms with Gasteiger partial charge in [0.2, 0.25) is 0 Å². The van der Waals surface area contributed by atoms with Gasteiger partial charge in [-0.05, 0) is 145 Å². The first-order valence-electron chi connectivity index (χ1n) is 20.8. The highest BCUT2D eigenvalue weighted by Crippen LogP contribution is 2.48. The molecular weight excluding hydrogens is 721 g/mol. The summed E-state index contributed by atoms with van der Waals surface area (Å²) in [6.45, 7) is 0. The first-order chi connectivity index (χ1) is 29.8. The monoisotopic (exact) mass is 758 g/mol. The molecule has 0 unspecified atom stereocenters. The second-order valence-corrected chi connectivity index (χ2v) is 16.0. The highest BCUT2D eigenvalue weighted by Gasteiger charge is 2.25. The summed E-state index contributed by atoms with van der Waals surface area (Å²) < 4.78 is 0. The van der Waals surface area contributed by atoms with E-state index in [9.17, 15) is 0 Å². The fourth-order valence-corrected chi connectivity index (χ4v) is 9.95. The Morgan fingerprint density at radius 3 is 0.733 bits per heavy atom. The highest BCUT2D eigenvalue weighted by atomic mass is 14.3. The molecule has 278 valence electrons. The zero-order valence-corrected chi connectivity index (χ0v) is 32.9. The maximum Gasteiger partial charge on any atom is -0.00143 e. The van der Waals surface area contributed by atoms with E-state index in [-0.39, 0.29) is 0 Å². The predicted molar refractivity (Wildman–Crippen MR) is 258 cm³/mol. The lowest BCUT2D eigenvalue weighted by Gasteiger charge is -2.25. The fraction of sp³-hybridized carbons (Fsp3) is 0. The van der Waals surface area contributed by atoms with Gasteiger partial charge < -0.3 is 0 Å². The maximum absolute atomic E-state index is 2.43. The van der Waals surface area contributed by atoms with Crippen LogP contribution in [-0.4, -0.2) is 0 Å². The van der Waals surface area contributed by atoms with Crippen molar-refractivity contribution in [2.24, 2.45) is 0 Å². The molecule has 0 heteroatoms. The second kappa shape index (κ2) is 13.9. The van der Waals surface area contributed by atoms with Gasteiger partial charge in [0, 0.05) is 0 Å². The quantitative estimate of drug-likeness (QED) is 0.0863. The van der Waals surface area contributed by atoms with Gasteiger partial charge in [0.05, 0.1) is 0 Å². The topological polar surface area (TPSA) is 0 Å². The van der Waals surface area contributed by atoms with E-state index in [0.29, 0.717) is 0 Å². The number of hydrogen-bond acceptors (Lipinski definition) is 0. The van der Waals surface area contributed by atoms with Gasteiger partial charge in [-0.2, -0.15) is 0 Å². The Balaban J connectivity index is 1.27. The molecule has 0 fully saturated rings. The van der Waals surface area contributed by atoms with Crippen LogP contribution in [0.5, 0.6) is 0 Å². The molecule has 0 heterocycles. The van der Waals surface area contributed by atoms with Crippen LogP contribution in [0.3, 0.4) is 0 Å². The molecule has 12 rings (SSSR count). The molecular formula is C60H38. The van der Waals surface area contributed by atoms with Gasteiger partial charge in [-0.15, -0.1) is 0 Å². The minimum absolute atomic E-state index is 1.16. The summed E-state index contributed by atoms with van der Waals surface area (Å²) in [5.41, 5.74) is 11.8. The zero-order valence-electron chi connectivity index (χ0n) is 32.9. The standard InChI is InChI=1S/C60H38/c1-5-15-39(16-6-1)55(51-35-47-31-27-43-23-13-24-44-28-32-48(36-51)57(47)53(43)44)59(41-19-9-3-10-20-41)60(42-21-11-4-12-22-42)56(40-17-7-2-8-18-40)52-37-49-33-29-45-25-14-26-46-30-34-50(38-52)58(49)54(45)46/h1-38H/b59-55-,60-56-. The molecule has 0 atom stereocenters. The van der Waals surface area contributed by atoms with Crippen molar-refractivity contribution in [2.75, 3.05) is 0 Å². The summed E-state index contributed by atoms with van der Waals surface area (Å²) in [5, 5.41) is 15.4. The normalized spacial score (nSPS) is 12.9. The smallest absolute Gasteiger partial charge is 0.00143 e. The zero-order chi connectivity index (χ0) is 39.6. The van der Waals surface area contributed by atoms with Crippen LogP contribution >= 0.6 is 0 Å². The van der Waals surface area contributed by atoms with E-state index in [1.54, 1.807) is 0 Å². The Hall–Kier alpha value is -7.80. The van der Waals surface area contributed by atoms with Crippen molar-refractivity contribution in [1.82, 2.24) is 0 Å². The third-order valence-electron chi connectivity index (χ3n) is 12.5. The molecule has 0 amide bonds. The summed E-state index contributed by atoms with van der Waals surface area (Å²) in [4.78, 5) is 0. The van der Waals surface area contributed by atoms with Crippen molar-refractivity contribution in [1.29, 1.82) is 0 Å². The largest absolute Gasteiger partial charge is 0.0622 e. The summed E-state index contributed by atoms with van der Waals surface area (Å²) in [6, 6.07) is 85.5. The molecule has 0 aliphatic rings. The van der Waals surface area contributed by atoms with Crippen LogP contribution in [0.4, 0.5) is 0 Å². The van der Waals surface area contributed by atoms with Crippen LogP contribution in [-0.2, 0) is 0 Å². The number of rotatable bonds is 7. The lowest BCUT2D eigenvalue weighted by molar-refractivity contribution is 1.52. The van der Waals surface area contributed by atoms with Gasteiger partial charge in [0.1, 0.15) is 0 Å². The van der Waals surface area contributed by atoms with Crippen molar-refractivity contribution in [3.63, 3.8) is 0 Å². The second-order valence-electron chi connectivity index (χ2n) is 16.0. The summed E-state index contributed by atoms with van der Waals surface area (Å²) in [7, 11) is 0.